The molecule has 0 amide bonds. The third-order valence-corrected chi connectivity index (χ3v) is 4.30. The second-order valence-corrected chi connectivity index (χ2v) is 6.99. The predicted molar refractivity (Wildman–Crippen MR) is 126 cm³/mol. The van der Waals surface area contributed by atoms with E-state index in [2.05, 4.69) is 63.6 Å². The molecule has 2 N–H and O–H groups in total. The number of H-pyrrole nitrogens is 1. The smallest absolute Gasteiger partial charge is 0.0931 e. The number of benzene rings is 1. The van der Waals surface area contributed by atoms with Crippen molar-refractivity contribution in [3.8, 4) is 0 Å². The molecule has 1 heterocycles. The second-order valence-electron chi connectivity index (χ2n) is 6.99. The van der Waals surface area contributed by atoms with Crippen LogP contribution < -0.4 is 20.9 Å². The number of rotatable bonds is 8. The van der Waals surface area contributed by atoms with E-state index in [0.29, 0.717) is 5.70 Å². The molecule has 0 saturated heterocycles. The van der Waals surface area contributed by atoms with Crippen molar-refractivity contribution in [3.05, 3.63) is 89.6 Å². The highest BCUT2D eigenvalue weighted by Crippen LogP contribution is 2.17. The van der Waals surface area contributed by atoms with Crippen molar-refractivity contribution in [2.24, 2.45) is 4.99 Å². The zero-order valence-electron chi connectivity index (χ0n) is 17.7. The van der Waals surface area contributed by atoms with Gasteiger partial charge >= 0.3 is 0 Å². The lowest BCUT2D eigenvalue weighted by Crippen LogP contribution is -2.23. The van der Waals surface area contributed by atoms with Crippen LogP contribution in [-0.4, -0.2) is 29.8 Å². The summed E-state index contributed by atoms with van der Waals surface area (Å²) in [7, 11) is 4.03. The van der Waals surface area contributed by atoms with E-state index in [1.54, 1.807) is 6.33 Å². The van der Waals surface area contributed by atoms with E-state index in [1.807, 2.05) is 52.2 Å². The van der Waals surface area contributed by atoms with Crippen LogP contribution in [0.4, 0.5) is 5.69 Å². The first-order chi connectivity index (χ1) is 13.7. The van der Waals surface area contributed by atoms with Gasteiger partial charge in [0.15, 0.2) is 0 Å². The molecule has 1 aromatic heterocycles. The molecular weight excluding hydrogens is 358 g/mol. The van der Waals surface area contributed by atoms with Crippen LogP contribution in [0.1, 0.15) is 19.4 Å². The highest BCUT2D eigenvalue weighted by Gasteiger charge is 2.02. The number of allylic oxidation sites excluding steroid dienone is 3. The van der Waals surface area contributed by atoms with E-state index in [0.717, 1.165) is 44.6 Å². The summed E-state index contributed by atoms with van der Waals surface area (Å²) in [5.74, 6) is 0. The lowest BCUT2D eigenvalue weighted by atomic mass is 10.1. The number of imidazole rings is 1. The molecule has 0 bridgehead atoms. The van der Waals surface area contributed by atoms with Gasteiger partial charge in [-0.25, -0.2) is 4.98 Å². The molecule has 0 aliphatic carbocycles. The average molecular weight is 388 g/mol. The van der Waals surface area contributed by atoms with Crippen LogP contribution in [0, 0.1) is 0 Å². The van der Waals surface area contributed by atoms with Crippen molar-refractivity contribution in [3.63, 3.8) is 0 Å². The minimum absolute atomic E-state index is 0.711. The topological polar surface area (TPSA) is 56.3 Å². The fourth-order valence-electron chi connectivity index (χ4n) is 2.61. The van der Waals surface area contributed by atoms with Gasteiger partial charge in [-0.05, 0) is 49.3 Å². The van der Waals surface area contributed by atoms with Gasteiger partial charge < -0.3 is 15.2 Å². The zero-order chi connectivity index (χ0) is 21.6. The number of aliphatic imine (C=N–C) groups is 1. The van der Waals surface area contributed by atoms with Crippen LogP contribution >= 0.6 is 0 Å². The highest BCUT2D eigenvalue weighted by molar-refractivity contribution is 6.05. The Hall–Kier alpha value is -3.60. The van der Waals surface area contributed by atoms with Crippen LogP contribution in [0.5, 0.6) is 0 Å². The Morgan fingerprint density at radius 3 is 2.34 bits per heavy atom. The maximum atomic E-state index is 4.59. The Bertz CT molecular complexity index is 1080. The van der Waals surface area contributed by atoms with Gasteiger partial charge in [0, 0.05) is 42.6 Å². The first-order valence-electron chi connectivity index (χ1n) is 9.23. The van der Waals surface area contributed by atoms with E-state index < -0.39 is 0 Å². The third kappa shape index (κ3) is 6.21. The van der Waals surface area contributed by atoms with E-state index >= 15 is 0 Å². The van der Waals surface area contributed by atoms with Gasteiger partial charge in [0.1, 0.15) is 0 Å². The molecular formula is C24H29N5. The molecule has 5 heteroatoms. The van der Waals surface area contributed by atoms with Crippen molar-refractivity contribution >= 4 is 29.8 Å². The summed E-state index contributed by atoms with van der Waals surface area (Å²) in [6, 6.07) is 8.17. The van der Waals surface area contributed by atoms with Gasteiger partial charge in [0.05, 0.1) is 17.0 Å². The van der Waals surface area contributed by atoms with Crippen molar-refractivity contribution in [1.29, 1.82) is 0 Å². The van der Waals surface area contributed by atoms with E-state index in [9.17, 15) is 0 Å². The molecule has 2 aromatic rings. The molecule has 29 heavy (non-hydrogen) atoms. The largest absolute Gasteiger partial charge is 0.378 e. The molecule has 0 fully saturated rings. The van der Waals surface area contributed by atoms with Gasteiger partial charge in [-0.15, -0.1) is 0 Å². The maximum absolute atomic E-state index is 4.59. The van der Waals surface area contributed by atoms with Crippen LogP contribution in [0.25, 0.3) is 18.4 Å². The molecule has 0 atom stereocenters. The highest BCUT2D eigenvalue weighted by atomic mass is 15.1. The Balaban J connectivity index is 2.04. The summed E-state index contributed by atoms with van der Waals surface area (Å²) in [6.45, 7) is 19.9. The number of hydrogen-bond acceptors (Lipinski definition) is 4. The SMILES string of the molecule is C=C(/C=C(C)/N=C(\C)C(=C)/C=c1/nc[nH]c1=C)NC(=C)c1ccc(N(C)C)cc1. The van der Waals surface area contributed by atoms with Gasteiger partial charge in [0.25, 0.3) is 0 Å². The number of anilines is 1. The third-order valence-electron chi connectivity index (χ3n) is 4.30. The van der Waals surface area contributed by atoms with Crippen molar-refractivity contribution in [1.82, 2.24) is 15.3 Å². The lowest BCUT2D eigenvalue weighted by Gasteiger charge is -2.14. The van der Waals surface area contributed by atoms with Crippen LogP contribution in [0.2, 0.25) is 0 Å². The van der Waals surface area contributed by atoms with Crippen molar-refractivity contribution < 1.29 is 0 Å². The first kappa shape index (κ1) is 21.7. The number of aromatic amines is 1. The average Bonchev–Trinajstić information content (AvgIpc) is 3.05. The standard InChI is InChI=1S/C24H29N5/c1-16(13-24-21(6)25-15-26-24)19(4)27-17(2)14-18(3)28-20(5)22-9-11-23(12-10-22)29(7)8/h9-15,28H,1,3,5-6H2,2,4,7-8H3,(H,25,26)/b17-14+,24-13+,27-19+. The molecule has 0 aliphatic rings. The number of nitrogens with one attached hydrogen (secondary N) is 2. The summed E-state index contributed by atoms with van der Waals surface area (Å²) in [6.07, 6.45) is 5.34. The molecule has 2 rings (SSSR count). The van der Waals surface area contributed by atoms with Crippen LogP contribution in [-0.2, 0) is 0 Å². The summed E-state index contributed by atoms with van der Waals surface area (Å²) >= 11 is 0. The molecule has 0 spiro atoms. The first-order valence-corrected chi connectivity index (χ1v) is 9.23. The quantitative estimate of drug-likeness (QED) is 0.539. The predicted octanol–water partition coefficient (Wildman–Crippen LogP) is 3.36. The minimum Gasteiger partial charge on any atom is -0.378 e. The number of nitrogens with zero attached hydrogens (tertiary/aromatic N) is 3. The molecule has 0 unspecified atom stereocenters. The van der Waals surface area contributed by atoms with Crippen molar-refractivity contribution in [2.75, 3.05) is 19.0 Å². The van der Waals surface area contributed by atoms with Crippen LogP contribution in [0.3, 0.4) is 0 Å². The van der Waals surface area contributed by atoms with Gasteiger partial charge in [-0.2, -0.15) is 0 Å². The molecule has 1 aromatic carbocycles. The fraction of sp³-hybridized carbons (Fsp3) is 0.167. The Kier molecular flexibility index (Phi) is 7.15. The normalized spacial score (nSPS) is 12.6. The monoisotopic (exact) mass is 387 g/mol. The van der Waals surface area contributed by atoms with E-state index in [1.165, 1.54) is 0 Å². The lowest BCUT2D eigenvalue weighted by molar-refractivity contribution is 1.12. The number of aromatic nitrogens is 2. The maximum Gasteiger partial charge on any atom is 0.0931 e. The molecule has 150 valence electrons. The molecule has 0 saturated carbocycles. The number of hydrogen-bond donors (Lipinski definition) is 2. The van der Waals surface area contributed by atoms with Crippen molar-refractivity contribution in [2.45, 2.75) is 13.8 Å². The van der Waals surface area contributed by atoms with E-state index in [-0.39, 0.29) is 0 Å². The molecule has 0 radical (unpaired) electrons. The van der Waals surface area contributed by atoms with Gasteiger partial charge in [-0.1, -0.05) is 38.4 Å². The summed E-state index contributed by atoms with van der Waals surface area (Å²) in [4.78, 5) is 13.8. The molecule has 0 aliphatic heterocycles. The zero-order valence-corrected chi connectivity index (χ0v) is 17.7. The Morgan fingerprint density at radius 1 is 1.14 bits per heavy atom. The van der Waals surface area contributed by atoms with Crippen LogP contribution in [0.15, 0.2) is 78.4 Å². The minimum atomic E-state index is 0.711. The van der Waals surface area contributed by atoms with Gasteiger partial charge in [-0.3, -0.25) is 4.99 Å². The van der Waals surface area contributed by atoms with Gasteiger partial charge in [0.2, 0.25) is 0 Å². The Morgan fingerprint density at radius 2 is 1.79 bits per heavy atom. The fourth-order valence-corrected chi connectivity index (χ4v) is 2.61. The Labute approximate surface area is 172 Å². The molecule has 5 nitrogen and oxygen atoms in total. The summed E-state index contributed by atoms with van der Waals surface area (Å²) in [5, 5.41) is 4.73. The second kappa shape index (κ2) is 9.55. The van der Waals surface area contributed by atoms with E-state index in [4.69, 9.17) is 0 Å². The summed E-state index contributed by atoms with van der Waals surface area (Å²) in [5.41, 5.74) is 6.02. The summed E-state index contributed by atoms with van der Waals surface area (Å²) < 4.78 is 0.